The van der Waals surface area contributed by atoms with Crippen molar-refractivity contribution in [1.29, 1.82) is 0 Å². The highest BCUT2D eigenvalue weighted by Gasteiger charge is 2.30. The molecule has 0 aromatic carbocycles. The van der Waals surface area contributed by atoms with Crippen molar-refractivity contribution in [3.8, 4) is 0 Å². The number of aliphatic hydroxyl groups is 1. The van der Waals surface area contributed by atoms with E-state index >= 15 is 0 Å². The molecule has 1 unspecified atom stereocenters. The van der Waals surface area contributed by atoms with Gasteiger partial charge in [0.2, 0.25) is 0 Å². The van der Waals surface area contributed by atoms with Crippen LogP contribution in [0, 0.1) is 0 Å². The number of allylic oxidation sites excluding steroid dienone is 3. The Morgan fingerprint density at radius 3 is 3.09 bits per heavy atom. The Morgan fingerprint density at radius 2 is 2.36 bits per heavy atom. The number of nitrogens with two attached hydrogens (primary N) is 1. The smallest absolute Gasteiger partial charge is 0.177 e. The Labute approximate surface area is 64.2 Å². The van der Waals surface area contributed by atoms with E-state index in [2.05, 4.69) is 4.99 Å². The van der Waals surface area contributed by atoms with Crippen molar-refractivity contribution >= 4 is 5.71 Å². The lowest BCUT2D eigenvalue weighted by Crippen LogP contribution is -2.46. The lowest BCUT2D eigenvalue weighted by Gasteiger charge is -2.22. The predicted molar refractivity (Wildman–Crippen MR) is 42.9 cm³/mol. The molecule has 0 amide bonds. The first-order valence-corrected chi connectivity index (χ1v) is 3.36. The number of rotatable bonds is 0. The fourth-order valence-corrected chi connectivity index (χ4v) is 1.19. The van der Waals surface area contributed by atoms with E-state index in [-0.39, 0.29) is 0 Å². The number of fused-ring (bicyclic) bond motifs is 1. The van der Waals surface area contributed by atoms with Gasteiger partial charge in [0.1, 0.15) is 0 Å². The quantitative estimate of drug-likeness (QED) is 0.478. The number of hydrogen-bond acceptors (Lipinski definition) is 3. The minimum Gasteiger partial charge on any atom is -0.367 e. The Balaban J connectivity index is 2.51. The molecule has 56 valence electrons. The van der Waals surface area contributed by atoms with Crippen LogP contribution >= 0.6 is 0 Å². The Hall–Kier alpha value is -1.19. The second-order valence-electron chi connectivity index (χ2n) is 2.60. The summed E-state index contributed by atoms with van der Waals surface area (Å²) in [5.74, 6) is 0. The molecule has 2 aliphatic rings. The summed E-state index contributed by atoms with van der Waals surface area (Å²) in [6.07, 6.45) is 8.55. The number of nitrogens with zero attached hydrogens (tertiary/aromatic N) is 1. The van der Waals surface area contributed by atoms with Crippen molar-refractivity contribution in [3.63, 3.8) is 0 Å². The van der Waals surface area contributed by atoms with Crippen LogP contribution in [0.2, 0.25) is 0 Å². The highest BCUT2D eigenvalue weighted by Crippen LogP contribution is 2.21. The van der Waals surface area contributed by atoms with Crippen LogP contribution in [0.3, 0.4) is 0 Å². The lowest BCUT2D eigenvalue weighted by molar-refractivity contribution is 0.171. The maximum atomic E-state index is 9.52. The first-order chi connectivity index (χ1) is 5.20. The normalized spacial score (nSPS) is 33.3. The molecule has 0 aromatic rings. The van der Waals surface area contributed by atoms with Crippen LogP contribution in [0.25, 0.3) is 0 Å². The zero-order valence-corrected chi connectivity index (χ0v) is 5.86. The molecule has 0 fully saturated rings. The molecule has 1 heterocycles. The van der Waals surface area contributed by atoms with Crippen LogP contribution in [0.5, 0.6) is 0 Å². The standard InChI is InChI=1S/C8H8N2O/c9-8(11)4-1-2-6-3-5-10-7(6)8/h1-5,11H,9H2. The van der Waals surface area contributed by atoms with Gasteiger partial charge in [-0.3, -0.25) is 10.7 Å². The molecular formula is C8H8N2O. The van der Waals surface area contributed by atoms with Crippen molar-refractivity contribution in [1.82, 2.24) is 0 Å². The molecule has 1 atom stereocenters. The largest absolute Gasteiger partial charge is 0.367 e. The van der Waals surface area contributed by atoms with Gasteiger partial charge in [0.15, 0.2) is 5.72 Å². The fourth-order valence-electron chi connectivity index (χ4n) is 1.19. The first-order valence-electron chi connectivity index (χ1n) is 3.36. The summed E-state index contributed by atoms with van der Waals surface area (Å²) in [4.78, 5) is 3.95. The molecule has 0 saturated heterocycles. The topological polar surface area (TPSA) is 58.6 Å². The van der Waals surface area contributed by atoms with E-state index in [1.807, 2.05) is 12.2 Å². The Bertz CT molecular complexity index is 308. The minimum atomic E-state index is -1.38. The van der Waals surface area contributed by atoms with Gasteiger partial charge in [-0.1, -0.05) is 12.2 Å². The van der Waals surface area contributed by atoms with Gasteiger partial charge in [-0.15, -0.1) is 0 Å². The van der Waals surface area contributed by atoms with Crippen molar-refractivity contribution in [3.05, 3.63) is 36.1 Å². The highest BCUT2D eigenvalue weighted by atomic mass is 16.3. The summed E-state index contributed by atoms with van der Waals surface area (Å²) in [5.41, 5.74) is 5.55. The third kappa shape index (κ3) is 0.859. The van der Waals surface area contributed by atoms with Crippen LogP contribution in [0.15, 0.2) is 41.1 Å². The molecule has 0 saturated carbocycles. The molecule has 3 heteroatoms. The third-order valence-electron chi connectivity index (χ3n) is 1.74. The van der Waals surface area contributed by atoms with Crippen molar-refractivity contribution in [2.75, 3.05) is 0 Å². The minimum absolute atomic E-state index is 0.528. The Kier molecular flexibility index (Phi) is 1.13. The van der Waals surface area contributed by atoms with Gasteiger partial charge in [-0.05, 0) is 12.2 Å². The number of aliphatic imine (C=N–C) groups is 1. The second-order valence-corrected chi connectivity index (χ2v) is 2.60. The van der Waals surface area contributed by atoms with Gasteiger partial charge >= 0.3 is 0 Å². The summed E-state index contributed by atoms with van der Waals surface area (Å²) < 4.78 is 0. The van der Waals surface area contributed by atoms with Crippen LogP contribution in [0.1, 0.15) is 0 Å². The zero-order valence-electron chi connectivity index (χ0n) is 5.86. The molecule has 0 bridgehead atoms. The average molecular weight is 148 g/mol. The molecule has 2 rings (SSSR count). The first kappa shape index (κ1) is 6.52. The lowest BCUT2D eigenvalue weighted by atomic mass is 9.96. The molecule has 0 radical (unpaired) electrons. The van der Waals surface area contributed by atoms with Gasteiger partial charge < -0.3 is 5.11 Å². The van der Waals surface area contributed by atoms with Crippen LogP contribution in [-0.4, -0.2) is 16.5 Å². The van der Waals surface area contributed by atoms with Crippen molar-refractivity contribution in [2.45, 2.75) is 5.72 Å². The summed E-state index contributed by atoms with van der Waals surface area (Å²) in [7, 11) is 0. The van der Waals surface area contributed by atoms with Gasteiger partial charge in [-0.25, -0.2) is 0 Å². The van der Waals surface area contributed by atoms with E-state index in [4.69, 9.17) is 5.73 Å². The molecule has 3 nitrogen and oxygen atoms in total. The van der Waals surface area contributed by atoms with Crippen LogP contribution in [-0.2, 0) is 0 Å². The van der Waals surface area contributed by atoms with E-state index in [0.717, 1.165) is 5.57 Å². The second kappa shape index (κ2) is 1.90. The molecular weight excluding hydrogens is 140 g/mol. The summed E-state index contributed by atoms with van der Waals surface area (Å²) in [5, 5.41) is 9.52. The third-order valence-corrected chi connectivity index (χ3v) is 1.74. The SMILES string of the molecule is NC1(O)C=CC=C2C=CN=C21. The molecule has 1 aliphatic carbocycles. The molecule has 11 heavy (non-hydrogen) atoms. The van der Waals surface area contributed by atoms with Gasteiger partial charge in [0, 0.05) is 11.8 Å². The van der Waals surface area contributed by atoms with E-state index in [0.29, 0.717) is 5.71 Å². The monoisotopic (exact) mass is 148 g/mol. The van der Waals surface area contributed by atoms with E-state index in [1.165, 1.54) is 6.08 Å². The highest BCUT2D eigenvalue weighted by molar-refractivity contribution is 6.12. The summed E-state index contributed by atoms with van der Waals surface area (Å²) >= 11 is 0. The maximum absolute atomic E-state index is 9.52. The number of hydrogen-bond donors (Lipinski definition) is 2. The van der Waals surface area contributed by atoms with Gasteiger partial charge in [-0.2, -0.15) is 0 Å². The summed E-state index contributed by atoms with van der Waals surface area (Å²) in [6, 6.07) is 0. The van der Waals surface area contributed by atoms with Crippen LogP contribution in [0.4, 0.5) is 0 Å². The molecule has 1 aliphatic heterocycles. The fraction of sp³-hybridized carbons (Fsp3) is 0.125. The maximum Gasteiger partial charge on any atom is 0.177 e. The van der Waals surface area contributed by atoms with E-state index in [1.54, 1.807) is 12.3 Å². The summed E-state index contributed by atoms with van der Waals surface area (Å²) in [6.45, 7) is 0. The van der Waals surface area contributed by atoms with Crippen molar-refractivity contribution in [2.24, 2.45) is 10.7 Å². The van der Waals surface area contributed by atoms with E-state index in [9.17, 15) is 5.11 Å². The predicted octanol–water partition coefficient (Wildman–Crippen LogP) is 0.0982. The zero-order chi connectivity index (χ0) is 7.90. The average Bonchev–Trinajstić information content (AvgIpc) is 2.34. The van der Waals surface area contributed by atoms with E-state index < -0.39 is 5.72 Å². The molecule has 0 spiro atoms. The van der Waals surface area contributed by atoms with Gasteiger partial charge in [0.05, 0.1) is 5.71 Å². The van der Waals surface area contributed by atoms with Crippen molar-refractivity contribution < 1.29 is 5.11 Å². The van der Waals surface area contributed by atoms with Gasteiger partial charge in [0.25, 0.3) is 0 Å². The Morgan fingerprint density at radius 1 is 1.55 bits per heavy atom. The molecule has 0 aromatic heterocycles. The molecule has 3 N–H and O–H groups in total. The van der Waals surface area contributed by atoms with Crippen LogP contribution < -0.4 is 5.73 Å².